The van der Waals surface area contributed by atoms with Crippen molar-refractivity contribution in [2.75, 3.05) is 11.4 Å². The quantitative estimate of drug-likeness (QED) is 0.724. The van der Waals surface area contributed by atoms with E-state index in [4.69, 9.17) is 0 Å². The SMILES string of the molecule is O=C(c1nccs1)c1cccnc1N1CCn2nc(CO)cc2C1. The van der Waals surface area contributed by atoms with Crippen molar-refractivity contribution in [3.05, 3.63) is 57.9 Å². The number of aromatic nitrogens is 4. The molecule has 1 aliphatic heterocycles. The fourth-order valence-corrected chi connectivity index (χ4v) is 3.45. The van der Waals surface area contributed by atoms with Crippen molar-refractivity contribution in [1.82, 2.24) is 19.7 Å². The van der Waals surface area contributed by atoms with Crippen molar-refractivity contribution < 1.29 is 9.90 Å². The van der Waals surface area contributed by atoms with Gasteiger partial charge in [0, 0.05) is 24.3 Å². The maximum atomic E-state index is 12.7. The number of anilines is 1. The third kappa shape index (κ3) is 2.59. The van der Waals surface area contributed by atoms with E-state index in [2.05, 4.69) is 20.0 Å². The van der Waals surface area contributed by atoms with Crippen molar-refractivity contribution in [1.29, 1.82) is 0 Å². The molecule has 0 unspecified atom stereocenters. The van der Waals surface area contributed by atoms with Crippen LogP contribution in [0.1, 0.15) is 26.8 Å². The fourth-order valence-electron chi connectivity index (χ4n) is 2.86. The molecule has 0 aromatic carbocycles. The number of aliphatic hydroxyl groups excluding tert-OH is 1. The largest absolute Gasteiger partial charge is 0.390 e. The van der Waals surface area contributed by atoms with Gasteiger partial charge in [-0.1, -0.05) is 0 Å². The van der Waals surface area contributed by atoms with Gasteiger partial charge in [-0.25, -0.2) is 9.97 Å². The molecule has 0 amide bonds. The molecule has 7 nitrogen and oxygen atoms in total. The third-order valence-electron chi connectivity index (χ3n) is 3.97. The minimum absolute atomic E-state index is 0.0721. The lowest BCUT2D eigenvalue weighted by Gasteiger charge is -2.29. The molecule has 1 aliphatic rings. The highest BCUT2D eigenvalue weighted by Gasteiger charge is 2.24. The molecule has 0 saturated carbocycles. The van der Waals surface area contributed by atoms with E-state index in [1.54, 1.807) is 29.9 Å². The summed E-state index contributed by atoms with van der Waals surface area (Å²) in [4.78, 5) is 23.3. The van der Waals surface area contributed by atoms with E-state index >= 15 is 0 Å². The predicted octanol–water partition coefficient (Wildman–Crippen LogP) is 1.48. The van der Waals surface area contributed by atoms with Crippen LogP contribution in [0.3, 0.4) is 0 Å². The minimum Gasteiger partial charge on any atom is -0.390 e. The van der Waals surface area contributed by atoms with E-state index in [0.717, 1.165) is 5.69 Å². The Morgan fingerprint density at radius 2 is 2.21 bits per heavy atom. The van der Waals surface area contributed by atoms with Crippen LogP contribution < -0.4 is 4.90 Å². The van der Waals surface area contributed by atoms with Crippen molar-refractivity contribution in [2.24, 2.45) is 0 Å². The summed E-state index contributed by atoms with van der Waals surface area (Å²) in [5.74, 6) is 0.555. The Hall–Kier alpha value is -2.58. The van der Waals surface area contributed by atoms with Gasteiger partial charge in [0.1, 0.15) is 5.82 Å². The Labute approximate surface area is 142 Å². The minimum atomic E-state index is -0.108. The number of thiazole rings is 1. The maximum Gasteiger partial charge on any atom is 0.225 e. The summed E-state index contributed by atoms with van der Waals surface area (Å²) in [6, 6.07) is 5.44. The van der Waals surface area contributed by atoms with Crippen LogP contribution in [0.25, 0.3) is 0 Å². The summed E-state index contributed by atoms with van der Waals surface area (Å²) < 4.78 is 1.90. The topological polar surface area (TPSA) is 84.1 Å². The van der Waals surface area contributed by atoms with Crippen LogP contribution in [0.5, 0.6) is 0 Å². The Morgan fingerprint density at radius 3 is 3.00 bits per heavy atom. The number of rotatable bonds is 4. The molecule has 3 aromatic heterocycles. The van der Waals surface area contributed by atoms with Crippen LogP contribution in [0.2, 0.25) is 0 Å². The van der Waals surface area contributed by atoms with Crippen molar-refractivity contribution in [3.8, 4) is 0 Å². The summed E-state index contributed by atoms with van der Waals surface area (Å²) >= 11 is 1.33. The second-order valence-electron chi connectivity index (χ2n) is 5.47. The van der Waals surface area contributed by atoms with Gasteiger partial charge in [0.2, 0.25) is 5.78 Å². The van der Waals surface area contributed by atoms with Crippen molar-refractivity contribution in [2.45, 2.75) is 19.7 Å². The van der Waals surface area contributed by atoms with E-state index in [1.165, 1.54) is 11.3 Å². The van der Waals surface area contributed by atoms with Crippen LogP contribution in [0, 0.1) is 0 Å². The molecule has 0 radical (unpaired) electrons. The average molecular weight is 341 g/mol. The molecule has 122 valence electrons. The first-order valence-electron chi connectivity index (χ1n) is 7.57. The average Bonchev–Trinajstić information content (AvgIpc) is 3.29. The Bertz CT molecular complexity index is 874. The predicted molar refractivity (Wildman–Crippen MR) is 89.0 cm³/mol. The van der Waals surface area contributed by atoms with Crippen LogP contribution in [0.4, 0.5) is 5.82 Å². The highest BCUT2D eigenvalue weighted by Crippen LogP contribution is 2.25. The van der Waals surface area contributed by atoms with E-state index < -0.39 is 0 Å². The molecule has 4 heterocycles. The summed E-state index contributed by atoms with van der Waals surface area (Å²) in [6.45, 7) is 1.92. The molecular formula is C16H15N5O2S. The van der Waals surface area contributed by atoms with Gasteiger partial charge in [-0.15, -0.1) is 11.3 Å². The monoisotopic (exact) mass is 341 g/mol. The highest BCUT2D eigenvalue weighted by atomic mass is 32.1. The maximum absolute atomic E-state index is 12.7. The summed E-state index contributed by atoms with van der Waals surface area (Å²) in [5, 5.41) is 15.8. The Balaban J connectivity index is 1.67. The second-order valence-corrected chi connectivity index (χ2v) is 6.37. The fraction of sp³-hybridized carbons (Fsp3) is 0.250. The first-order chi connectivity index (χ1) is 11.8. The number of hydrogen-bond donors (Lipinski definition) is 1. The van der Waals surface area contributed by atoms with Crippen LogP contribution >= 0.6 is 11.3 Å². The molecule has 0 fully saturated rings. The zero-order valence-electron chi connectivity index (χ0n) is 12.8. The normalized spacial score (nSPS) is 13.8. The van der Waals surface area contributed by atoms with Gasteiger partial charge in [-0.05, 0) is 18.2 Å². The van der Waals surface area contributed by atoms with Crippen molar-refractivity contribution in [3.63, 3.8) is 0 Å². The standard InChI is InChI=1S/C16H15N5O2S/c22-10-11-8-12-9-20(5-6-21(12)19-11)15-13(2-1-3-17-15)14(23)16-18-4-7-24-16/h1-4,7-8,22H,5-6,9-10H2. The van der Waals surface area contributed by atoms with Crippen LogP contribution in [0.15, 0.2) is 36.0 Å². The van der Waals surface area contributed by atoms with Crippen LogP contribution in [-0.2, 0) is 19.7 Å². The number of carbonyl (C=O) groups is 1. The third-order valence-corrected chi connectivity index (χ3v) is 4.74. The lowest BCUT2D eigenvalue weighted by Crippen LogP contribution is -2.35. The molecule has 0 atom stereocenters. The number of aliphatic hydroxyl groups is 1. The molecule has 1 N–H and O–H groups in total. The number of hydrogen-bond acceptors (Lipinski definition) is 7. The van der Waals surface area contributed by atoms with Gasteiger partial charge >= 0.3 is 0 Å². The Kier molecular flexibility index (Phi) is 3.83. The molecule has 4 rings (SSSR count). The number of nitrogens with zero attached hydrogens (tertiary/aromatic N) is 5. The molecule has 8 heteroatoms. The molecule has 0 spiro atoms. The molecule has 0 saturated heterocycles. The van der Waals surface area contributed by atoms with Gasteiger partial charge < -0.3 is 10.0 Å². The van der Waals surface area contributed by atoms with E-state index in [9.17, 15) is 9.90 Å². The highest BCUT2D eigenvalue weighted by molar-refractivity contribution is 7.11. The molecule has 0 bridgehead atoms. The molecule has 0 aliphatic carbocycles. The number of ketones is 1. The molecular weight excluding hydrogens is 326 g/mol. The van der Waals surface area contributed by atoms with E-state index in [1.807, 2.05) is 10.7 Å². The zero-order valence-corrected chi connectivity index (χ0v) is 13.6. The van der Waals surface area contributed by atoms with Crippen molar-refractivity contribution >= 4 is 22.9 Å². The van der Waals surface area contributed by atoms with Gasteiger partial charge in [0.15, 0.2) is 5.01 Å². The first-order valence-corrected chi connectivity index (χ1v) is 8.45. The van der Waals surface area contributed by atoms with Gasteiger partial charge in [0.05, 0.1) is 36.6 Å². The molecule has 3 aromatic rings. The Morgan fingerprint density at radius 1 is 1.29 bits per heavy atom. The van der Waals surface area contributed by atoms with E-state index in [-0.39, 0.29) is 12.4 Å². The van der Waals surface area contributed by atoms with Gasteiger partial charge in [-0.2, -0.15) is 5.10 Å². The lowest BCUT2D eigenvalue weighted by molar-refractivity contribution is 0.103. The zero-order chi connectivity index (χ0) is 16.5. The van der Waals surface area contributed by atoms with Crippen LogP contribution in [-0.4, -0.2) is 37.2 Å². The summed E-state index contributed by atoms with van der Waals surface area (Å²) in [7, 11) is 0. The summed E-state index contributed by atoms with van der Waals surface area (Å²) in [5.41, 5.74) is 2.22. The smallest absolute Gasteiger partial charge is 0.225 e. The van der Waals surface area contributed by atoms with Gasteiger partial charge in [0.25, 0.3) is 0 Å². The lowest BCUT2D eigenvalue weighted by atomic mass is 10.1. The number of fused-ring (bicyclic) bond motifs is 1. The molecule has 24 heavy (non-hydrogen) atoms. The summed E-state index contributed by atoms with van der Waals surface area (Å²) in [6.07, 6.45) is 3.32. The number of carbonyl (C=O) groups excluding carboxylic acids is 1. The van der Waals surface area contributed by atoms with Gasteiger partial charge in [-0.3, -0.25) is 9.48 Å². The second kappa shape index (κ2) is 6.14. The van der Waals surface area contributed by atoms with E-state index in [0.29, 0.717) is 41.7 Å². The first kappa shape index (κ1) is 15.0. The number of pyridine rings is 1.